The van der Waals surface area contributed by atoms with E-state index in [1.165, 1.54) is 0 Å². The third-order valence-electron chi connectivity index (χ3n) is 2.66. The molecule has 1 aliphatic rings. The van der Waals surface area contributed by atoms with Crippen molar-refractivity contribution in [3.63, 3.8) is 0 Å². The zero-order valence-corrected chi connectivity index (χ0v) is 7.81. The van der Waals surface area contributed by atoms with Gasteiger partial charge in [0.15, 0.2) is 0 Å². The first-order valence-electron chi connectivity index (χ1n) is 4.52. The van der Waals surface area contributed by atoms with Gasteiger partial charge in [0.05, 0.1) is 6.20 Å². The van der Waals surface area contributed by atoms with E-state index in [9.17, 15) is 0 Å². The summed E-state index contributed by atoms with van der Waals surface area (Å²) in [5, 5.41) is 8.49. The third-order valence-corrected chi connectivity index (χ3v) is 2.66. The number of hydrogen-bond acceptors (Lipinski definition) is 3. The molecular weight excluding hydrogens is 177 g/mol. The van der Waals surface area contributed by atoms with Crippen LogP contribution in [0.4, 0.5) is 0 Å². The van der Waals surface area contributed by atoms with Gasteiger partial charge >= 0.3 is 7.69 Å². The fraction of sp³-hybridized carbons (Fsp3) is 0.300. The fourth-order valence-electron chi connectivity index (χ4n) is 1.56. The van der Waals surface area contributed by atoms with Crippen molar-refractivity contribution in [1.82, 2.24) is 4.98 Å². The van der Waals surface area contributed by atoms with Crippen LogP contribution in [-0.4, -0.2) is 17.7 Å². The first kappa shape index (κ1) is 9.28. The first-order chi connectivity index (χ1) is 6.80. The largest absolute Gasteiger partial charge is 0.569 e. The molecule has 3 nitrogen and oxygen atoms in total. The molecule has 0 bridgehead atoms. The van der Waals surface area contributed by atoms with Gasteiger partial charge in [-0.25, -0.2) is 0 Å². The van der Waals surface area contributed by atoms with Crippen LogP contribution in [0.3, 0.4) is 0 Å². The number of hydrogen-bond donors (Lipinski definition) is 1. The molecule has 1 aromatic rings. The Labute approximate surface area is 83.7 Å². The second-order valence-corrected chi connectivity index (χ2v) is 3.49. The maximum atomic E-state index is 8.49. The molecule has 71 valence electrons. The Bertz CT molecular complexity index is 350. The minimum atomic E-state index is 0.0990. The fourth-order valence-corrected chi connectivity index (χ4v) is 1.56. The summed E-state index contributed by atoms with van der Waals surface area (Å²) in [5.41, 5.74) is 1.20. The van der Waals surface area contributed by atoms with Crippen molar-refractivity contribution in [3.8, 4) is 5.75 Å². The molecule has 0 amide bonds. The molecule has 4 heteroatoms. The molecule has 1 fully saturated rings. The van der Waals surface area contributed by atoms with E-state index in [0.29, 0.717) is 13.4 Å². The smallest absolute Gasteiger partial charge is 0.536 e. The summed E-state index contributed by atoms with van der Waals surface area (Å²) in [6.45, 7) is 3.82. The number of aromatic nitrogens is 1. The predicted octanol–water partition coefficient (Wildman–Crippen LogP) is 1.20. The van der Waals surface area contributed by atoms with E-state index >= 15 is 0 Å². The van der Waals surface area contributed by atoms with E-state index in [4.69, 9.17) is 9.68 Å². The van der Waals surface area contributed by atoms with Crippen LogP contribution in [0.5, 0.6) is 5.75 Å². The van der Waals surface area contributed by atoms with E-state index in [1.807, 2.05) is 18.3 Å². The zero-order chi connectivity index (χ0) is 10.0. The molecule has 0 saturated heterocycles. The van der Waals surface area contributed by atoms with Crippen molar-refractivity contribution in [2.45, 2.75) is 18.3 Å². The number of rotatable bonds is 4. The molecule has 0 atom stereocenters. The maximum Gasteiger partial charge on any atom is 0.569 e. The molecule has 1 saturated carbocycles. The number of pyridine rings is 1. The lowest BCUT2D eigenvalue weighted by atomic mass is 9.98. The van der Waals surface area contributed by atoms with E-state index in [-0.39, 0.29) is 5.41 Å². The van der Waals surface area contributed by atoms with Gasteiger partial charge in [0, 0.05) is 11.6 Å². The lowest BCUT2D eigenvalue weighted by molar-refractivity contribution is 0.452. The molecule has 14 heavy (non-hydrogen) atoms. The molecule has 0 spiro atoms. The van der Waals surface area contributed by atoms with Gasteiger partial charge in [-0.1, -0.05) is 6.08 Å². The van der Waals surface area contributed by atoms with E-state index in [1.54, 1.807) is 6.20 Å². The van der Waals surface area contributed by atoms with Crippen LogP contribution in [-0.2, 0) is 5.41 Å². The van der Waals surface area contributed by atoms with Gasteiger partial charge in [0.1, 0.15) is 5.75 Å². The number of allylic oxidation sites excluding steroid dienone is 1. The van der Waals surface area contributed by atoms with E-state index in [2.05, 4.69) is 11.6 Å². The summed E-state index contributed by atoms with van der Waals surface area (Å²) >= 11 is 0. The second-order valence-electron chi connectivity index (χ2n) is 3.49. The minimum absolute atomic E-state index is 0.0990. The Morgan fingerprint density at radius 2 is 2.36 bits per heavy atom. The quantitative estimate of drug-likeness (QED) is 0.570. The summed E-state index contributed by atoms with van der Waals surface area (Å²) < 4.78 is 4.85. The summed E-state index contributed by atoms with van der Waals surface area (Å²) in [6, 6.07) is 1.88. The van der Waals surface area contributed by atoms with Crippen LogP contribution in [0.1, 0.15) is 18.4 Å². The summed E-state index contributed by atoms with van der Waals surface area (Å²) in [6.07, 6.45) is 7.57. The Kier molecular flexibility index (Phi) is 2.29. The topological polar surface area (TPSA) is 42.4 Å². The van der Waals surface area contributed by atoms with Crippen molar-refractivity contribution in [2.24, 2.45) is 0 Å². The lowest BCUT2D eigenvalue weighted by Gasteiger charge is -2.10. The van der Waals surface area contributed by atoms with E-state index < -0.39 is 0 Å². The van der Waals surface area contributed by atoms with Gasteiger partial charge in [-0.15, -0.1) is 6.58 Å². The molecule has 0 unspecified atom stereocenters. The Hall–Kier alpha value is -1.29. The zero-order valence-electron chi connectivity index (χ0n) is 7.81. The van der Waals surface area contributed by atoms with Crippen LogP contribution in [0, 0.1) is 0 Å². The molecule has 0 aliphatic heterocycles. The normalized spacial score (nSPS) is 17.2. The Balaban J connectivity index is 2.26. The summed E-state index contributed by atoms with van der Waals surface area (Å²) in [4.78, 5) is 4.05. The minimum Gasteiger partial charge on any atom is -0.536 e. The van der Waals surface area contributed by atoms with Gasteiger partial charge < -0.3 is 9.68 Å². The first-order valence-corrected chi connectivity index (χ1v) is 4.52. The average molecular weight is 188 g/mol. The van der Waals surface area contributed by atoms with Crippen molar-refractivity contribution in [2.75, 3.05) is 0 Å². The highest BCUT2D eigenvalue weighted by Crippen LogP contribution is 2.49. The maximum absolute atomic E-state index is 8.49. The molecule has 1 aromatic heterocycles. The summed E-state index contributed by atoms with van der Waals surface area (Å²) in [7, 11) is 0.661. The molecule has 1 heterocycles. The van der Waals surface area contributed by atoms with Gasteiger partial charge in [-0.2, -0.15) is 0 Å². The van der Waals surface area contributed by atoms with Crippen LogP contribution in [0.25, 0.3) is 0 Å². The third kappa shape index (κ3) is 1.53. The molecule has 0 aromatic carbocycles. The van der Waals surface area contributed by atoms with E-state index in [0.717, 1.165) is 18.4 Å². The standard InChI is InChI=1S/C10H11BNO2/c1-2-10(3-4-10)8-5-9(14-11-13)7-12-6-8/h2,5-7,13H,1,3-4H2. The van der Waals surface area contributed by atoms with Gasteiger partial charge in [0.2, 0.25) is 0 Å². The van der Waals surface area contributed by atoms with Gasteiger partial charge in [-0.3, -0.25) is 4.98 Å². The molecule has 2 rings (SSSR count). The predicted molar refractivity (Wildman–Crippen MR) is 53.9 cm³/mol. The lowest BCUT2D eigenvalue weighted by Crippen LogP contribution is -2.05. The molecular formula is C10H11BNO2. The van der Waals surface area contributed by atoms with Gasteiger partial charge in [-0.05, 0) is 24.5 Å². The second kappa shape index (κ2) is 3.46. The average Bonchev–Trinajstić information content (AvgIpc) is 2.99. The van der Waals surface area contributed by atoms with Crippen LogP contribution in [0.15, 0.2) is 31.1 Å². The highest BCUT2D eigenvalue weighted by atomic mass is 16.5. The Morgan fingerprint density at radius 1 is 1.57 bits per heavy atom. The molecule has 1 N–H and O–H groups in total. The van der Waals surface area contributed by atoms with Crippen molar-refractivity contribution in [3.05, 3.63) is 36.7 Å². The number of nitrogens with zero attached hydrogens (tertiary/aromatic N) is 1. The summed E-state index contributed by atoms with van der Waals surface area (Å²) in [5.74, 6) is 0.554. The van der Waals surface area contributed by atoms with Gasteiger partial charge in [0.25, 0.3) is 0 Å². The highest BCUT2D eigenvalue weighted by Gasteiger charge is 2.41. The molecule has 1 aliphatic carbocycles. The van der Waals surface area contributed by atoms with Crippen LogP contribution >= 0.6 is 0 Å². The van der Waals surface area contributed by atoms with Crippen molar-refractivity contribution >= 4 is 7.69 Å². The van der Waals surface area contributed by atoms with Crippen LogP contribution in [0.2, 0.25) is 0 Å². The monoisotopic (exact) mass is 188 g/mol. The SMILES string of the molecule is C=CC1(c2cncc(O[B]O)c2)CC1. The van der Waals surface area contributed by atoms with Crippen molar-refractivity contribution in [1.29, 1.82) is 0 Å². The highest BCUT2D eigenvalue weighted by molar-refractivity contribution is 6.17. The van der Waals surface area contributed by atoms with Crippen molar-refractivity contribution < 1.29 is 9.68 Å². The Morgan fingerprint density at radius 3 is 2.93 bits per heavy atom. The van der Waals surface area contributed by atoms with Crippen LogP contribution < -0.4 is 4.65 Å². The molecule has 1 radical (unpaired) electrons.